The van der Waals surface area contributed by atoms with Crippen LogP contribution in [0.15, 0.2) is 28.7 Å². The summed E-state index contributed by atoms with van der Waals surface area (Å²) < 4.78 is 31.4. The quantitative estimate of drug-likeness (QED) is 0.488. The zero-order chi connectivity index (χ0) is 22.9. The van der Waals surface area contributed by atoms with E-state index in [1.54, 1.807) is 29.8 Å². The minimum atomic E-state index is -3.08. The highest BCUT2D eigenvalue weighted by atomic mass is 32.2. The topological polar surface area (TPSA) is 120 Å². The van der Waals surface area contributed by atoms with E-state index in [2.05, 4.69) is 15.4 Å². The first kappa shape index (κ1) is 20.3. The predicted octanol–water partition coefficient (Wildman–Crippen LogP) is 3.68. The Morgan fingerprint density at radius 2 is 1.97 bits per heavy atom. The number of aromatic nitrogens is 4. The Bertz CT molecular complexity index is 1550. The molecule has 2 aliphatic rings. The van der Waals surface area contributed by atoms with E-state index in [0.717, 1.165) is 18.5 Å². The number of hydrogen-bond acceptors (Lipinski definition) is 7. The molecule has 1 N–H and O–H groups in total. The van der Waals surface area contributed by atoms with E-state index < -0.39 is 9.84 Å². The summed E-state index contributed by atoms with van der Waals surface area (Å²) in [5, 5.41) is 8.28. The molecule has 1 atom stereocenters. The lowest BCUT2D eigenvalue weighted by Crippen LogP contribution is -2.15. The van der Waals surface area contributed by atoms with Crippen molar-refractivity contribution in [1.82, 2.24) is 19.7 Å². The monoisotopic (exact) mass is 465 g/mol. The molecule has 0 spiro atoms. The second-order valence-corrected chi connectivity index (χ2v) is 11.3. The molecular weight excluding hydrogens is 442 g/mol. The summed E-state index contributed by atoms with van der Waals surface area (Å²) in [6, 6.07) is 6.95. The average Bonchev–Trinajstić information content (AvgIpc) is 3.35. The van der Waals surface area contributed by atoms with Gasteiger partial charge in [0.1, 0.15) is 5.52 Å². The molecular formula is C23H23N5O4S. The van der Waals surface area contributed by atoms with Crippen molar-refractivity contribution in [1.29, 1.82) is 0 Å². The summed E-state index contributed by atoms with van der Waals surface area (Å²) >= 11 is 0. The number of rotatable bonds is 4. The van der Waals surface area contributed by atoms with Crippen molar-refractivity contribution >= 4 is 43.6 Å². The lowest BCUT2D eigenvalue weighted by molar-refractivity contribution is 0.102. The Hall–Kier alpha value is -3.27. The molecule has 1 aliphatic heterocycles. The number of carbonyl (C=O) groups excluding carboxylic acids is 1. The first-order valence-corrected chi connectivity index (χ1v) is 12.9. The number of carbonyl (C=O) groups is 1. The number of amides is 1. The second kappa shape index (κ2) is 7.11. The fraction of sp³-hybridized carbons (Fsp3) is 0.391. The van der Waals surface area contributed by atoms with Crippen molar-refractivity contribution in [2.45, 2.75) is 45.1 Å². The molecule has 1 aliphatic carbocycles. The Labute approximate surface area is 190 Å². The number of nitrogens with zero attached hydrogens (tertiary/aromatic N) is 4. The Kier molecular flexibility index (Phi) is 4.39. The molecule has 6 rings (SSSR count). The molecule has 0 bridgehead atoms. The highest BCUT2D eigenvalue weighted by Crippen LogP contribution is 2.41. The van der Waals surface area contributed by atoms with Crippen LogP contribution in [0.5, 0.6) is 0 Å². The van der Waals surface area contributed by atoms with E-state index >= 15 is 0 Å². The van der Waals surface area contributed by atoms with Crippen LogP contribution in [0.3, 0.4) is 0 Å². The number of anilines is 1. The van der Waals surface area contributed by atoms with Crippen LogP contribution < -0.4 is 5.32 Å². The Morgan fingerprint density at radius 3 is 2.70 bits per heavy atom. The van der Waals surface area contributed by atoms with Gasteiger partial charge in [0.2, 0.25) is 0 Å². The van der Waals surface area contributed by atoms with Gasteiger partial charge in [-0.15, -0.1) is 0 Å². The summed E-state index contributed by atoms with van der Waals surface area (Å²) in [4.78, 5) is 22.6. The van der Waals surface area contributed by atoms with E-state index in [1.165, 1.54) is 0 Å². The number of fused-ring (bicyclic) bond motifs is 2. The maximum Gasteiger partial charge on any atom is 0.256 e. The molecule has 10 heteroatoms. The number of sulfone groups is 1. The van der Waals surface area contributed by atoms with E-state index in [4.69, 9.17) is 9.40 Å². The van der Waals surface area contributed by atoms with Crippen LogP contribution in [0.25, 0.3) is 22.1 Å². The van der Waals surface area contributed by atoms with Crippen LogP contribution in [0, 0.1) is 13.8 Å². The van der Waals surface area contributed by atoms with Gasteiger partial charge in [0.05, 0.1) is 34.2 Å². The van der Waals surface area contributed by atoms with E-state index in [-0.39, 0.29) is 23.5 Å². The molecule has 1 aromatic carbocycles. The molecule has 33 heavy (non-hydrogen) atoms. The minimum Gasteiger partial charge on any atom is -0.441 e. The van der Waals surface area contributed by atoms with Crippen molar-refractivity contribution in [2.24, 2.45) is 0 Å². The van der Waals surface area contributed by atoms with E-state index in [9.17, 15) is 13.2 Å². The molecule has 4 aromatic rings. The molecule has 170 valence electrons. The summed E-state index contributed by atoms with van der Waals surface area (Å²) in [5.41, 5.74) is 4.57. The number of benzene rings is 1. The van der Waals surface area contributed by atoms with Gasteiger partial charge >= 0.3 is 0 Å². The summed E-state index contributed by atoms with van der Waals surface area (Å²) in [5.74, 6) is 0.835. The van der Waals surface area contributed by atoms with E-state index in [0.29, 0.717) is 57.3 Å². The van der Waals surface area contributed by atoms with Crippen LogP contribution >= 0.6 is 0 Å². The van der Waals surface area contributed by atoms with Crippen molar-refractivity contribution in [3.63, 3.8) is 0 Å². The minimum absolute atomic E-state index is 0.0528. The van der Waals surface area contributed by atoms with Crippen LogP contribution in [0.1, 0.15) is 58.9 Å². The molecule has 1 saturated heterocycles. The smallest absolute Gasteiger partial charge is 0.256 e. The first-order valence-electron chi connectivity index (χ1n) is 11.1. The summed E-state index contributed by atoms with van der Waals surface area (Å²) in [6.45, 7) is 3.61. The van der Waals surface area contributed by atoms with Crippen molar-refractivity contribution in [3.05, 3.63) is 47.1 Å². The van der Waals surface area contributed by atoms with Gasteiger partial charge in [-0.1, -0.05) is 0 Å². The van der Waals surface area contributed by atoms with Gasteiger partial charge in [-0.25, -0.2) is 23.1 Å². The van der Waals surface area contributed by atoms with Crippen molar-refractivity contribution in [2.75, 3.05) is 16.8 Å². The zero-order valence-corrected chi connectivity index (χ0v) is 19.1. The van der Waals surface area contributed by atoms with Crippen LogP contribution in [0.2, 0.25) is 0 Å². The number of hydrogen-bond donors (Lipinski definition) is 1. The normalized spacial score (nSPS) is 20.0. The fourth-order valence-electron chi connectivity index (χ4n) is 4.64. The third kappa shape index (κ3) is 3.58. The van der Waals surface area contributed by atoms with Gasteiger partial charge in [-0.05, 0) is 50.5 Å². The average molecular weight is 466 g/mol. The van der Waals surface area contributed by atoms with Crippen LogP contribution in [-0.2, 0) is 9.84 Å². The van der Waals surface area contributed by atoms with Gasteiger partial charge < -0.3 is 9.73 Å². The standard InChI is InChI=1S/C23H23N5O4S/c1-12-21-17(23(29)25-15-5-6-20-19(9-15)24-13(2)32-20)10-18(14-3-4-14)26-22(21)28(27-12)16-7-8-33(30,31)11-16/h5-6,9-10,14,16H,3-4,7-8,11H2,1-2H3,(H,25,29)/t16-/m0/s1. The van der Waals surface area contributed by atoms with Gasteiger partial charge in [-0.3, -0.25) is 4.79 Å². The zero-order valence-electron chi connectivity index (χ0n) is 18.3. The number of pyridine rings is 1. The largest absolute Gasteiger partial charge is 0.441 e. The summed E-state index contributed by atoms with van der Waals surface area (Å²) in [6.07, 6.45) is 2.58. The number of nitrogens with one attached hydrogen (secondary N) is 1. The van der Waals surface area contributed by atoms with E-state index in [1.807, 2.05) is 13.0 Å². The molecule has 2 fully saturated rings. The highest BCUT2D eigenvalue weighted by Gasteiger charge is 2.34. The third-order valence-corrected chi connectivity index (χ3v) is 8.15. The fourth-order valence-corrected chi connectivity index (χ4v) is 6.33. The molecule has 9 nitrogen and oxygen atoms in total. The lowest BCUT2D eigenvalue weighted by atomic mass is 10.1. The first-order chi connectivity index (χ1) is 15.8. The maximum absolute atomic E-state index is 13.4. The Balaban J connectivity index is 1.43. The Morgan fingerprint density at radius 1 is 1.15 bits per heavy atom. The number of oxazole rings is 1. The lowest BCUT2D eigenvalue weighted by Gasteiger charge is -2.12. The van der Waals surface area contributed by atoms with Gasteiger partial charge in [0, 0.05) is 24.2 Å². The third-order valence-electron chi connectivity index (χ3n) is 6.40. The van der Waals surface area contributed by atoms with Crippen molar-refractivity contribution in [3.8, 4) is 0 Å². The molecule has 3 aromatic heterocycles. The molecule has 0 unspecified atom stereocenters. The predicted molar refractivity (Wildman–Crippen MR) is 123 cm³/mol. The molecule has 1 saturated carbocycles. The molecule has 1 amide bonds. The maximum atomic E-state index is 13.4. The molecule has 0 radical (unpaired) electrons. The van der Waals surface area contributed by atoms with Gasteiger partial charge in [0.25, 0.3) is 5.91 Å². The highest BCUT2D eigenvalue weighted by molar-refractivity contribution is 7.91. The van der Waals surface area contributed by atoms with Gasteiger partial charge in [0.15, 0.2) is 27.0 Å². The van der Waals surface area contributed by atoms with Crippen LogP contribution in [-0.4, -0.2) is 45.6 Å². The number of aryl methyl sites for hydroxylation is 2. The van der Waals surface area contributed by atoms with Crippen molar-refractivity contribution < 1.29 is 17.6 Å². The van der Waals surface area contributed by atoms with Crippen LogP contribution in [0.4, 0.5) is 5.69 Å². The molecule has 4 heterocycles. The van der Waals surface area contributed by atoms with Gasteiger partial charge in [-0.2, -0.15) is 5.10 Å². The second-order valence-electron chi connectivity index (χ2n) is 9.02. The summed E-state index contributed by atoms with van der Waals surface area (Å²) in [7, 11) is -3.08. The SMILES string of the molecule is Cc1nc2cc(NC(=O)c3cc(C4CC4)nc4c3c(C)nn4[C@H]3CCS(=O)(=O)C3)ccc2o1.